The number of ether oxygens (including phenoxy) is 4. The summed E-state index contributed by atoms with van der Waals surface area (Å²) >= 11 is 14.0. The summed E-state index contributed by atoms with van der Waals surface area (Å²) in [6.07, 6.45) is 34.5. The Hall–Kier alpha value is -7.38. The predicted octanol–water partition coefficient (Wildman–Crippen LogP) is 24.0. The van der Waals surface area contributed by atoms with Gasteiger partial charge in [0.1, 0.15) is 25.4 Å². The summed E-state index contributed by atoms with van der Waals surface area (Å²) in [4.78, 5) is 68.4. The third kappa shape index (κ3) is 21.8. The number of esters is 4. The highest BCUT2D eigenvalue weighted by molar-refractivity contribution is 7.24. The maximum atomic E-state index is 12.6. The van der Waals surface area contributed by atoms with Gasteiger partial charge in [-0.05, 0) is 206 Å². The van der Waals surface area contributed by atoms with Crippen LogP contribution in [0.25, 0.3) is 87.6 Å². The maximum absolute atomic E-state index is 12.6. The largest absolute Gasteiger partial charge is 0.460 e. The van der Waals surface area contributed by atoms with Crippen LogP contribution in [0.5, 0.6) is 0 Å². The molecule has 0 aliphatic rings. The van der Waals surface area contributed by atoms with Crippen molar-refractivity contribution in [2.24, 2.45) is 0 Å². The van der Waals surface area contributed by atoms with Gasteiger partial charge in [0, 0.05) is 78.0 Å². The zero-order chi connectivity index (χ0) is 66.0. The van der Waals surface area contributed by atoms with Crippen molar-refractivity contribution in [2.45, 2.75) is 129 Å². The minimum atomic E-state index is -0.600. The Labute approximate surface area is 585 Å². The number of hydrogen-bond acceptors (Lipinski definition) is 16. The number of aryl methyl sites for hydroxylation is 2. The van der Waals surface area contributed by atoms with Crippen molar-refractivity contribution in [1.29, 1.82) is 0 Å². The van der Waals surface area contributed by atoms with Gasteiger partial charge in [-0.3, -0.25) is 19.2 Å². The van der Waals surface area contributed by atoms with Crippen LogP contribution in [0.1, 0.15) is 152 Å². The quantitative estimate of drug-likeness (QED) is 0.0163. The van der Waals surface area contributed by atoms with E-state index in [2.05, 4.69) is 186 Å². The van der Waals surface area contributed by atoms with Crippen molar-refractivity contribution >= 4 is 163 Å². The van der Waals surface area contributed by atoms with Gasteiger partial charge in [0.05, 0.1) is 25.7 Å². The molecule has 0 aliphatic heterocycles. The van der Waals surface area contributed by atoms with Gasteiger partial charge in [-0.15, -0.1) is 90.7 Å². The highest BCUT2D eigenvalue weighted by Crippen LogP contribution is 2.40. The molecule has 8 aromatic heterocycles. The number of carbonyl (C=O) groups excluding carboxylic acids is 4. The molecule has 0 unspecified atom stereocenters. The van der Waals surface area contributed by atoms with E-state index in [0.717, 1.165) is 74.1 Å². The van der Waals surface area contributed by atoms with Gasteiger partial charge in [-0.2, -0.15) is 0 Å². The van der Waals surface area contributed by atoms with Crippen LogP contribution >= 0.6 is 90.7 Å². The lowest BCUT2D eigenvalue weighted by atomic mass is 9.96. The first kappa shape index (κ1) is 70.9. The van der Waals surface area contributed by atoms with E-state index in [-0.39, 0.29) is 38.9 Å². The summed E-state index contributed by atoms with van der Waals surface area (Å²) in [5.41, 5.74) is 4.29. The molecule has 0 radical (unpaired) electrons. The van der Waals surface area contributed by atoms with Crippen LogP contribution in [0, 0.1) is 0 Å². The molecular formula is C78H78O8S8. The first-order valence-corrected chi connectivity index (χ1v) is 38.3. The van der Waals surface area contributed by atoms with Gasteiger partial charge in [-0.1, -0.05) is 103 Å². The van der Waals surface area contributed by atoms with Crippen LogP contribution < -0.4 is 0 Å². The lowest BCUT2D eigenvalue weighted by Crippen LogP contribution is -2.15. The number of carbonyl (C=O) groups is 4. The average Bonchev–Trinajstić information content (AvgIpc) is 1.15. The Balaban J connectivity index is 0.981. The first-order valence-electron chi connectivity index (χ1n) is 31.7. The third-order valence-electron chi connectivity index (χ3n) is 15.0. The highest BCUT2D eigenvalue weighted by atomic mass is 32.1. The Morgan fingerprint density at radius 1 is 0.340 bits per heavy atom. The fourth-order valence-electron chi connectivity index (χ4n) is 9.81. The minimum Gasteiger partial charge on any atom is -0.460 e. The Morgan fingerprint density at radius 2 is 0.617 bits per heavy atom. The Bertz CT molecular complexity index is 3850. The molecule has 9 aromatic rings. The van der Waals surface area contributed by atoms with Crippen LogP contribution in [-0.4, -0.2) is 36.1 Å². The van der Waals surface area contributed by atoms with Gasteiger partial charge >= 0.3 is 23.9 Å². The second-order valence-electron chi connectivity index (χ2n) is 22.1. The molecule has 9 rings (SSSR count). The summed E-state index contributed by atoms with van der Waals surface area (Å²) in [5.74, 6) is -1.97. The van der Waals surface area contributed by atoms with Crippen molar-refractivity contribution in [2.75, 3.05) is 0 Å². The molecule has 0 aliphatic carbocycles. The molecule has 8 nitrogen and oxygen atoms in total. The lowest BCUT2D eigenvalue weighted by molar-refractivity contribution is -0.151. The summed E-state index contributed by atoms with van der Waals surface area (Å²) in [6.45, 7) is 19.3. The number of thiophene rings is 8. The van der Waals surface area contributed by atoms with Gasteiger partial charge in [0.2, 0.25) is 0 Å². The number of benzene rings is 1. The van der Waals surface area contributed by atoms with Gasteiger partial charge in [-0.25, -0.2) is 0 Å². The molecule has 0 atom stereocenters. The molecular weight excluding hydrogens is 1320 g/mol. The van der Waals surface area contributed by atoms with Crippen molar-refractivity contribution in [3.05, 3.63) is 221 Å². The maximum Gasteiger partial charge on any atom is 0.307 e. The van der Waals surface area contributed by atoms with Crippen LogP contribution in [0.3, 0.4) is 0 Å². The van der Waals surface area contributed by atoms with Crippen molar-refractivity contribution in [3.8, 4) is 39.0 Å². The average molecular weight is 1400 g/mol. The molecule has 94 heavy (non-hydrogen) atoms. The van der Waals surface area contributed by atoms with E-state index in [9.17, 15) is 19.2 Å². The molecule has 0 saturated heterocycles. The fourth-order valence-corrected chi connectivity index (χ4v) is 17.8. The van der Waals surface area contributed by atoms with Crippen molar-refractivity contribution in [1.82, 2.24) is 0 Å². The molecule has 16 heteroatoms. The van der Waals surface area contributed by atoms with E-state index in [1.807, 2.05) is 57.5 Å². The molecule has 0 saturated carbocycles. The SMILES string of the molecule is C=CC(C=C)OC(=O)CCC(=O)OCc1ccc(-c2ccc(/C=C\c3cc(/C=C/c4ccc(-c5ccc(CCCCCC)s5)s4)c(/C=C\c4ccc(-c5ccc(COC(=O)CCC(=O)OC(C=C)C=C)s5)s4)cc3/C=C/c3ccc(-c4ccc(CCCCCC)s4)s3)s2)s1. The normalized spacial score (nSPS) is 11.7. The molecule has 0 fully saturated rings. The monoisotopic (exact) mass is 1400 g/mol. The Kier molecular flexibility index (Phi) is 28.0. The van der Waals surface area contributed by atoms with Gasteiger partial charge in [0.25, 0.3) is 0 Å². The van der Waals surface area contributed by atoms with Crippen LogP contribution in [-0.2, 0) is 64.2 Å². The summed E-state index contributed by atoms with van der Waals surface area (Å²) < 4.78 is 21.5. The first-order chi connectivity index (χ1) is 45.9. The van der Waals surface area contributed by atoms with Crippen molar-refractivity contribution in [3.63, 3.8) is 0 Å². The molecule has 8 heterocycles. The van der Waals surface area contributed by atoms with E-state index in [1.165, 1.54) is 115 Å². The lowest BCUT2D eigenvalue weighted by Gasteiger charge is -2.09. The van der Waals surface area contributed by atoms with E-state index in [1.54, 1.807) is 45.3 Å². The van der Waals surface area contributed by atoms with Crippen molar-refractivity contribution < 1.29 is 38.1 Å². The summed E-state index contributed by atoms with van der Waals surface area (Å²) in [7, 11) is 0. The zero-order valence-electron chi connectivity index (χ0n) is 53.1. The van der Waals surface area contributed by atoms with Gasteiger partial charge < -0.3 is 18.9 Å². The second kappa shape index (κ2) is 37.1. The number of rotatable bonds is 38. The van der Waals surface area contributed by atoms with Crippen LogP contribution in [0.15, 0.2) is 160 Å². The second-order valence-corrected chi connectivity index (χ2v) is 31.2. The molecule has 0 N–H and O–H groups in total. The van der Waals surface area contributed by atoms with Crippen LogP contribution in [0.4, 0.5) is 0 Å². The summed E-state index contributed by atoms with van der Waals surface area (Å²) in [6, 6.07) is 39.4. The fraction of sp³-hybridized carbons (Fsp3) is 0.256. The van der Waals surface area contributed by atoms with Gasteiger partial charge in [0.15, 0.2) is 0 Å². The Morgan fingerprint density at radius 3 is 0.926 bits per heavy atom. The predicted molar refractivity (Wildman–Crippen MR) is 407 cm³/mol. The molecule has 0 amide bonds. The van der Waals surface area contributed by atoms with E-state index < -0.39 is 36.1 Å². The van der Waals surface area contributed by atoms with E-state index >= 15 is 0 Å². The van der Waals surface area contributed by atoms with E-state index in [0.29, 0.717) is 0 Å². The number of unbranched alkanes of at least 4 members (excludes halogenated alkanes) is 6. The zero-order valence-corrected chi connectivity index (χ0v) is 59.7. The van der Waals surface area contributed by atoms with E-state index in [4.69, 9.17) is 18.9 Å². The smallest absolute Gasteiger partial charge is 0.307 e. The molecule has 1 aromatic carbocycles. The third-order valence-corrected chi connectivity index (χ3v) is 24.4. The topological polar surface area (TPSA) is 105 Å². The summed E-state index contributed by atoms with van der Waals surface area (Å²) in [5, 5.41) is 0. The standard InChI is InChI=1S/C78H78O8S8/c1-7-13-15-17-19-59-29-37-67(87-59)69-39-31-61(89-69)25-21-53-49-56(24-28-64-34-42-72(92-64)74-44-36-66(94-74)52-84-76(80)46-48-78(82)86-58(11-5)12-6)54(22-26-62-32-40-70(90-62)68-38-30-60(88-68)20-18-16-14-8-2)50-55(53)23-27-63-33-41-71(91-63)73-43-35-65(93-73)51-83-75(79)45-47-77(81)85-57(9-3)10-4/h9-12,21-44,49-50,57-58H,3-8,13-20,45-48,51-52H2,1-2H3/b25-21+,26-22+,27-23-,28-24-. The minimum absolute atomic E-state index is 0.0808. The number of hydrogen-bond donors (Lipinski definition) is 0. The molecule has 486 valence electrons. The molecule has 0 bridgehead atoms. The van der Waals surface area contributed by atoms with Crippen LogP contribution in [0.2, 0.25) is 0 Å². The highest BCUT2D eigenvalue weighted by Gasteiger charge is 2.17. The molecule has 0 spiro atoms.